The maximum Gasteiger partial charge on any atom is 0.251 e. The zero-order valence-corrected chi connectivity index (χ0v) is 24.0. The van der Waals surface area contributed by atoms with Crippen LogP contribution in [-0.2, 0) is 6.54 Å². The van der Waals surface area contributed by atoms with E-state index in [9.17, 15) is 9.59 Å². The average Bonchev–Trinajstić information content (AvgIpc) is 2.98. The molecule has 0 atom stereocenters. The summed E-state index contributed by atoms with van der Waals surface area (Å²) in [6, 6.07) is 15.0. The van der Waals surface area contributed by atoms with Gasteiger partial charge in [-0.05, 0) is 49.2 Å². The summed E-state index contributed by atoms with van der Waals surface area (Å²) in [7, 11) is 6.88. The molecule has 5 rings (SSSR count). The van der Waals surface area contributed by atoms with Crippen LogP contribution in [0.4, 0.5) is 5.69 Å². The first-order chi connectivity index (χ1) is 19.3. The molecule has 2 aromatic carbocycles. The number of aromatic nitrogens is 2. The minimum atomic E-state index is -0.286. The molecule has 0 bridgehead atoms. The molecule has 2 aromatic heterocycles. The van der Waals surface area contributed by atoms with Crippen molar-refractivity contribution < 1.29 is 14.3 Å². The number of nitrogens with zero attached hydrogens (tertiary/aromatic N) is 4. The maximum atomic E-state index is 13.1. The van der Waals surface area contributed by atoms with E-state index in [1.54, 1.807) is 31.9 Å². The molecule has 1 amide bonds. The first kappa shape index (κ1) is 27.7. The zero-order chi connectivity index (χ0) is 28.4. The predicted octanol–water partition coefficient (Wildman–Crippen LogP) is 4.18. The Morgan fingerprint density at radius 2 is 1.75 bits per heavy atom. The molecule has 9 nitrogen and oxygen atoms in total. The molecule has 0 spiro atoms. The molecule has 4 aromatic rings. The summed E-state index contributed by atoms with van der Waals surface area (Å²) >= 11 is 6.60. The van der Waals surface area contributed by atoms with Crippen molar-refractivity contribution in [1.29, 1.82) is 0 Å². The molecular formula is C30H34ClN5O4. The van der Waals surface area contributed by atoms with Gasteiger partial charge in [0.05, 0.1) is 36.5 Å². The lowest BCUT2D eigenvalue weighted by molar-refractivity contribution is 0.0964. The van der Waals surface area contributed by atoms with Crippen molar-refractivity contribution in [3.05, 3.63) is 69.6 Å². The Hall–Kier alpha value is -3.82. The van der Waals surface area contributed by atoms with Gasteiger partial charge in [-0.25, -0.2) is 4.98 Å². The maximum absolute atomic E-state index is 13.1. The van der Waals surface area contributed by atoms with Gasteiger partial charge in [0.2, 0.25) is 0 Å². The van der Waals surface area contributed by atoms with E-state index in [0.717, 1.165) is 60.2 Å². The van der Waals surface area contributed by atoms with Gasteiger partial charge in [-0.2, -0.15) is 0 Å². The third-order valence-corrected chi connectivity index (χ3v) is 8.15. The Morgan fingerprint density at radius 3 is 2.45 bits per heavy atom. The fourth-order valence-corrected chi connectivity index (χ4v) is 5.78. The molecule has 210 valence electrons. The molecule has 1 aliphatic rings. The second-order valence-corrected chi connectivity index (χ2v) is 10.4. The van der Waals surface area contributed by atoms with Crippen molar-refractivity contribution in [2.45, 2.75) is 25.4 Å². The van der Waals surface area contributed by atoms with Gasteiger partial charge < -0.3 is 29.2 Å². The number of piperidine rings is 1. The Kier molecular flexibility index (Phi) is 8.14. The summed E-state index contributed by atoms with van der Waals surface area (Å²) in [6.07, 6.45) is 1.92. The van der Waals surface area contributed by atoms with Gasteiger partial charge in [-0.15, -0.1) is 0 Å². The number of hydrogen-bond donors (Lipinski definition) is 1. The molecule has 0 radical (unpaired) electrons. The average molecular weight is 564 g/mol. The molecule has 10 heteroatoms. The van der Waals surface area contributed by atoms with E-state index >= 15 is 0 Å². The summed E-state index contributed by atoms with van der Waals surface area (Å²) in [5, 5.41) is 4.82. The molecular weight excluding hydrogens is 530 g/mol. The lowest BCUT2D eigenvalue weighted by Crippen LogP contribution is -2.44. The van der Waals surface area contributed by atoms with Gasteiger partial charge in [-0.3, -0.25) is 9.59 Å². The van der Waals surface area contributed by atoms with Gasteiger partial charge in [-0.1, -0.05) is 11.6 Å². The van der Waals surface area contributed by atoms with Crippen LogP contribution in [-0.4, -0.2) is 74.3 Å². The standard InChI is InChI=1S/C30H34ClN5O4/c1-32-30(38)24-18-28(37)36(26-17-22(40-4)5-7-23(24)26)14-13-35-11-9-20(10-12-35)34(2)27-16-19-15-21(39-3)6-8-25(19)33-29(27)31/h5-8,15-18,20H,9-14H2,1-4H3,(H,32,38). The molecule has 0 aliphatic carbocycles. The molecule has 0 unspecified atom stereocenters. The summed E-state index contributed by atoms with van der Waals surface area (Å²) in [4.78, 5) is 34.7. The summed E-state index contributed by atoms with van der Waals surface area (Å²) in [6.45, 7) is 3.03. The van der Waals surface area contributed by atoms with Gasteiger partial charge >= 0.3 is 0 Å². The molecule has 0 saturated carbocycles. The van der Waals surface area contributed by atoms with Crippen LogP contribution in [0.3, 0.4) is 0 Å². The summed E-state index contributed by atoms with van der Waals surface area (Å²) in [5.74, 6) is 1.14. The lowest BCUT2D eigenvalue weighted by atomic mass is 10.0. The number of carbonyl (C=O) groups excluding carboxylic acids is 1. The van der Waals surface area contributed by atoms with Crippen molar-refractivity contribution >= 4 is 45.0 Å². The monoisotopic (exact) mass is 563 g/mol. The summed E-state index contributed by atoms with van der Waals surface area (Å²) < 4.78 is 12.5. The van der Waals surface area contributed by atoms with Gasteiger partial charge in [0.1, 0.15) is 11.5 Å². The first-order valence-electron chi connectivity index (χ1n) is 13.4. The number of ether oxygens (including phenoxy) is 2. The quantitative estimate of drug-likeness (QED) is 0.322. The van der Waals surface area contributed by atoms with E-state index in [4.69, 9.17) is 21.1 Å². The van der Waals surface area contributed by atoms with Crippen LogP contribution in [0.15, 0.2) is 53.3 Å². The van der Waals surface area contributed by atoms with Crippen molar-refractivity contribution in [2.75, 3.05) is 52.8 Å². The third-order valence-electron chi connectivity index (χ3n) is 7.87. The van der Waals surface area contributed by atoms with E-state index in [-0.39, 0.29) is 11.5 Å². The number of nitrogens with one attached hydrogen (secondary N) is 1. The van der Waals surface area contributed by atoms with Crippen LogP contribution in [0.5, 0.6) is 11.5 Å². The fourth-order valence-electron chi connectivity index (χ4n) is 5.50. The van der Waals surface area contributed by atoms with Crippen LogP contribution >= 0.6 is 11.6 Å². The Morgan fingerprint density at radius 1 is 1.05 bits per heavy atom. The Balaban J connectivity index is 1.29. The van der Waals surface area contributed by atoms with E-state index in [1.807, 2.05) is 30.3 Å². The Labute approximate surface area is 238 Å². The number of benzene rings is 2. The highest BCUT2D eigenvalue weighted by molar-refractivity contribution is 6.32. The predicted molar refractivity (Wildman–Crippen MR) is 159 cm³/mol. The number of rotatable bonds is 8. The number of methoxy groups -OCH3 is 2. The SMILES string of the molecule is CNC(=O)c1cc(=O)n(CCN2CCC(N(C)c3cc4cc(OC)ccc4nc3Cl)CC2)c2cc(OC)ccc12. The minimum Gasteiger partial charge on any atom is -0.497 e. The van der Waals surface area contributed by atoms with Crippen LogP contribution in [0.1, 0.15) is 23.2 Å². The van der Waals surface area contributed by atoms with Gasteiger partial charge in [0, 0.05) is 69.2 Å². The number of halogens is 1. The third kappa shape index (κ3) is 5.44. The van der Waals surface area contributed by atoms with E-state index in [0.29, 0.717) is 34.6 Å². The largest absolute Gasteiger partial charge is 0.497 e. The van der Waals surface area contributed by atoms with Crippen LogP contribution < -0.4 is 25.2 Å². The van der Waals surface area contributed by atoms with E-state index in [1.165, 1.54) is 6.07 Å². The van der Waals surface area contributed by atoms with Crippen LogP contribution in [0.2, 0.25) is 5.15 Å². The number of fused-ring (bicyclic) bond motifs is 2. The van der Waals surface area contributed by atoms with Crippen molar-refractivity contribution in [3.63, 3.8) is 0 Å². The molecule has 40 heavy (non-hydrogen) atoms. The zero-order valence-electron chi connectivity index (χ0n) is 23.2. The van der Waals surface area contributed by atoms with Gasteiger partial charge in [0.25, 0.3) is 11.5 Å². The molecule has 1 N–H and O–H groups in total. The van der Waals surface area contributed by atoms with Crippen molar-refractivity contribution in [1.82, 2.24) is 19.8 Å². The number of hydrogen-bond acceptors (Lipinski definition) is 7. The highest BCUT2D eigenvalue weighted by Crippen LogP contribution is 2.32. The van der Waals surface area contributed by atoms with Crippen molar-refractivity contribution in [3.8, 4) is 11.5 Å². The molecule has 1 fully saturated rings. The van der Waals surface area contributed by atoms with Gasteiger partial charge in [0.15, 0.2) is 5.15 Å². The van der Waals surface area contributed by atoms with Crippen LogP contribution in [0.25, 0.3) is 21.8 Å². The lowest BCUT2D eigenvalue weighted by Gasteiger charge is -2.38. The smallest absolute Gasteiger partial charge is 0.251 e. The number of pyridine rings is 2. The normalized spacial score (nSPS) is 14.4. The molecule has 1 saturated heterocycles. The highest BCUT2D eigenvalue weighted by Gasteiger charge is 2.25. The Bertz CT molecular complexity index is 1610. The number of amides is 1. The topological polar surface area (TPSA) is 88.9 Å². The molecule has 3 heterocycles. The minimum absolute atomic E-state index is 0.205. The second kappa shape index (κ2) is 11.7. The fraction of sp³-hybridized carbons (Fsp3) is 0.367. The second-order valence-electron chi connectivity index (χ2n) is 10.1. The van der Waals surface area contributed by atoms with Crippen LogP contribution in [0, 0.1) is 0 Å². The number of anilines is 1. The van der Waals surface area contributed by atoms with E-state index < -0.39 is 0 Å². The number of carbonyl (C=O) groups is 1. The van der Waals surface area contributed by atoms with E-state index in [2.05, 4.69) is 33.2 Å². The summed E-state index contributed by atoms with van der Waals surface area (Å²) in [5.41, 5.74) is 2.59. The first-order valence-corrected chi connectivity index (χ1v) is 13.7. The molecule has 1 aliphatic heterocycles. The van der Waals surface area contributed by atoms with Crippen molar-refractivity contribution in [2.24, 2.45) is 0 Å². The highest BCUT2D eigenvalue weighted by atomic mass is 35.5. The number of likely N-dealkylation sites (tertiary alicyclic amines) is 1.